The van der Waals surface area contributed by atoms with Crippen LogP contribution in [0.1, 0.15) is 49.9 Å². The zero-order valence-electron chi connectivity index (χ0n) is 19.7. The highest BCUT2D eigenvalue weighted by Gasteiger charge is 2.62. The number of hydrogen-bond acceptors (Lipinski definition) is 8. The lowest BCUT2D eigenvalue weighted by Gasteiger charge is -2.57. The second-order valence-electron chi connectivity index (χ2n) is 10.3. The molecule has 0 saturated heterocycles. The summed E-state index contributed by atoms with van der Waals surface area (Å²) in [6.45, 7) is 7.46. The molecule has 0 unspecified atom stereocenters. The SMILES string of the molecule is [C-]#[N+]C1(c2cc(Nc3nc(NC4CC5(C4)CC(F)(F)C5)nc(-c4cncc(C(F)(F)F)n4)n3)ccn2)CC1. The predicted molar refractivity (Wildman–Crippen MR) is 124 cm³/mol. The summed E-state index contributed by atoms with van der Waals surface area (Å²) in [7, 11) is 0. The molecule has 2 N–H and O–H groups in total. The highest BCUT2D eigenvalue weighted by Crippen LogP contribution is 2.62. The van der Waals surface area contributed by atoms with Gasteiger partial charge in [0.1, 0.15) is 11.4 Å². The maximum Gasteiger partial charge on any atom is 0.434 e. The second kappa shape index (κ2) is 8.24. The molecule has 0 amide bonds. The summed E-state index contributed by atoms with van der Waals surface area (Å²) in [6.07, 6.45) is 0.708. The van der Waals surface area contributed by atoms with E-state index in [4.69, 9.17) is 6.57 Å². The lowest BCUT2D eigenvalue weighted by Crippen LogP contribution is -2.57. The molecule has 9 nitrogen and oxygen atoms in total. The zero-order chi connectivity index (χ0) is 26.8. The van der Waals surface area contributed by atoms with Gasteiger partial charge in [0.15, 0.2) is 11.5 Å². The highest BCUT2D eigenvalue weighted by atomic mass is 19.4. The molecule has 38 heavy (non-hydrogen) atoms. The quantitative estimate of drug-likeness (QED) is 0.324. The van der Waals surface area contributed by atoms with Crippen LogP contribution in [0.15, 0.2) is 30.7 Å². The van der Waals surface area contributed by atoms with E-state index < -0.39 is 23.3 Å². The molecule has 6 rings (SSSR count). The average Bonchev–Trinajstić information content (AvgIpc) is 3.63. The van der Waals surface area contributed by atoms with E-state index in [-0.39, 0.29) is 47.7 Å². The van der Waals surface area contributed by atoms with Gasteiger partial charge in [-0.3, -0.25) is 9.97 Å². The summed E-state index contributed by atoms with van der Waals surface area (Å²) < 4.78 is 66.4. The Morgan fingerprint density at radius 3 is 2.39 bits per heavy atom. The fourth-order valence-corrected chi connectivity index (χ4v) is 5.26. The fourth-order valence-electron chi connectivity index (χ4n) is 5.26. The standard InChI is InChI=1S/C24H20F5N9/c1-30-22(3-4-22)16-6-13(2-5-32-16)33-19-36-18(15-9-31-10-17(35-15)24(27,28)29)37-20(38-19)34-14-7-21(8-14)11-23(25,26)12-21/h2,5-6,9-10,14H,3-4,7-8,11-12H2,(H2,32,33,34,36,37,38). The second-order valence-corrected chi connectivity index (χ2v) is 10.3. The first-order valence-electron chi connectivity index (χ1n) is 11.9. The van der Waals surface area contributed by atoms with E-state index in [1.807, 2.05) is 0 Å². The monoisotopic (exact) mass is 529 g/mol. The van der Waals surface area contributed by atoms with E-state index in [1.165, 1.54) is 0 Å². The zero-order valence-corrected chi connectivity index (χ0v) is 19.7. The highest BCUT2D eigenvalue weighted by molar-refractivity contribution is 5.59. The van der Waals surface area contributed by atoms with E-state index in [0.717, 1.165) is 6.20 Å². The normalized spacial score (nSPS) is 20.6. The fraction of sp³-hybridized carbons (Fsp3) is 0.458. The Bertz CT molecular complexity index is 1430. The van der Waals surface area contributed by atoms with Crippen molar-refractivity contribution in [1.82, 2.24) is 29.9 Å². The van der Waals surface area contributed by atoms with E-state index in [2.05, 4.69) is 45.4 Å². The summed E-state index contributed by atoms with van der Waals surface area (Å²) in [6, 6.07) is 3.19. The van der Waals surface area contributed by atoms with Crippen molar-refractivity contribution in [2.24, 2.45) is 5.41 Å². The molecule has 3 fully saturated rings. The van der Waals surface area contributed by atoms with E-state index in [9.17, 15) is 22.0 Å². The van der Waals surface area contributed by atoms with E-state index >= 15 is 0 Å². The molecule has 0 atom stereocenters. The molecular weight excluding hydrogens is 509 g/mol. The third kappa shape index (κ3) is 4.57. The number of alkyl halides is 5. The van der Waals surface area contributed by atoms with Crippen LogP contribution in [0, 0.1) is 12.0 Å². The smallest absolute Gasteiger partial charge is 0.351 e. The van der Waals surface area contributed by atoms with E-state index in [1.54, 1.807) is 18.3 Å². The van der Waals surface area contributed by atoms with Gasteiger partial charge in [0.25, 0.3) is 5.54 Å². The Kier molecular flexibility index (Phi) is 5.27. The first-order chi connectivity index (χ1) is 18.0. The van der Waals surface area contributed by atoms with Crippen LogP contribution < -0.4 is 10.6 Å². The molecule has 3 aliphatic rings. The lowest BCUT2D eigenvalue weighted by atomic mass is 9.52. The van der Waals surface area contributed by atoms with Crippen LogP contribution in [0.25, 0.3) is 16.4 Å². The van der Waals surface area contributed by atoms with Gasteiger partial charge in [0.2, 0.25) is 17.8 Å². The average molecular weight is 529 g/mol. The van der Waals surface area contributed by atoms with Crippen molar-refractivity contribution < 1.29 is 22.0 Å². The Hall–Kier alpha value is -4.02. The van der Waals surface area contributed by atoms with Gasteiger partial charge in [0.05, 0.1) is 12.4 Å². The van der Waals surface area contributed by atoms with Crippen LogP contribution in [0.4, 0.5) is 39.5 Å². The summed E-state index contributed by atoms with van der Waals surface area (Å²) in [5, 5.41) is 6.10. The van der Waals surface area contributed by atoms with Gasteiger partial charge in [-0.15, -0.1) is 0 Å². The number of pyridine rings is 1. The summed E-state index contributed by atoms with van der Waals surface area (Å²) in [5.41, 5.74) is -1.30. The third-order valence-corrected chi connectivity index (χ3v) is 7.18. The first kappa shape index (κ1) is 24.3. The summed E-state index contributed by atoms with van der Waals surface area (Å²) >= 11 is 0. The molecule has 3 aromatic heterocycles. The Morgan fingerprint density at radius 1 is 1.00 bits per heavy atom. The molecule has 1 spiro atoms. The maximum absolute atomic E-state index is 13.4. The third-order valence-electron chi connectivity index (χ3n) is 7.18. The van der Waals surface area contributed by atoms with Crippen LogP contribution in [0.2, 0.25) is 0 Å². The summed E-state index contributed by atoms with van der Waals surface area (Å²) in [4.78, 5) is 28.1. The molecule has 3 heterocycles. The molecule has 196 valence electrons. The van der Waals surface area contributed by atoms with Crippen molar-refractivity contribution in [3.63, 3.8) is 0 Å². The minimum absolute atomic E-state index is 0.0192. The molecule has 0 aliphatic heterocycles. The minimum Gasteiger partial charge on any atom is -0.351 e. The molecule has 14 heteroatoms. The van der Waals surface area contributed by atoms with Crippen molar-refractivity contribution in [3.05, 3.63) is 53.5 Å². The molecular formula is C24H20F5N9. The number of rotatable bonds is 6. The van der Waals surface area contributed by atoms with Crippen LogP contribution in [-0.2, 0) is 11.7 Å². The topological polar surface area (TPSA) is 106 Å². The van der Waals surface area contributed by atoms with Gasteiger partial charge in [-0.1, -0.05) is 0 Å². The van der Waals surface area contributed by atoms with E-state index in [0.29, 0.717) is 43.3 Å². The van der Waals surface area contributed by atoms with Gasteiger partial charge in [-0.05, 0) is 30.4 Å². The predicted octanol–water partition coefficient (Wildman–Crippen LogP) is 5.38. The van der Waals surface area contributed by atoms with Crippen molar-refractivity contribution in [3.8, 4) is 11.5 Å². The molecule has 3 aliphatic carbocycles. The molecule has 0 aromatic carbocycles. The van der Waals surface area contributed by atoms with Crippen LogP contribution in [0.3, 0.4) is 0 Å². The van der Waals surface area contributed by atoms with Gasteiger partial charge in [-0.25, -0.2) is 20.3 Å². The number of nitrogens with zero attached hydrogens (tertiary/aromatic N) is 7. The van der Waals surface area contributed by atoms with Gasteiger partial charge < -0.3 is 15.5 Å². The van der Waals surface area contributed by atoms with Gasteiger partial charge in [-0.2, -0.15) is 28.1 Å². The Labute approximate surface area is 213 Å². The van der Waals surface area contributed by atoms with Gasteiger partial charge >= 0.3 is 6.18 Å². The van der Waals surface area contributed by atoms with Crippen LogP contribution >= 0.6 is 0 Å². The number of aromatic nitrogens is 6. The minimum atomic E-state index is -4.71. The Balaban J connectivity index is 1.29. The van der Waals surface area contributed by atoms with Crippen molar-refractivity contribution in [2.45, 2.75) is 62.2 Å². The number of nitrogens with one attached hydrogen (secondary N) is 2. The van der Waals surface area contributed by atoms with Crippen molar-refractivity contribution in [2.75, 3.05) is 10.6 Å². The lowest BCUT2D eigenvalue weighted by molar-refractivity contribution is -0.193. The molecule has 3 saturated carbocycles. The molecule has 0 radical (unpaired) electrons. The first-order valence-corrected chi connectivity index (χ1v) is 11.9. The Morgan fingerprint density at radius 2 is 1.74 bits per heavy atom. The number of halogens is 5. The van der Waals surface area contributed by atoms with Crippen molar-refractivity contribution in [1.29, 1.82) is 0 Å². The summed E-state index contributed by atoms with van der Waals surface area (Å²) in [5.74, 6) is -2.69. The van der Waals surface area contributed by atoms with Crippen molar-refractivity contribution >= 4 is 17.6 Å². The van der Waals surface area contributed by atoms with Crippen LogP contribution in [0.5, 0.6) is 0 Å². The molecule has 0 bridgehead atoms. The largest absolute Gasteiger partial charge is 0.434 e. The number of anilines is 3. The molecule has 3 aromatic rings. The number of hydrogen-bond donors (Lipinski definition) is 2. The van der Waals surface area contributed by atoms with Gasteiger partial charge in [0, 0.05) is 43.6 Å². The maximum atomic E-state index is 13.4. The van der Waals surface area contributed by atoms with Crippen LogP contribution in [-0.4, -0.2) is 41.9 Å².